The molecule has 0 unspecified atom stereocenters. The summed E-state index contributed by atoms with van der Waals surface area (Å²) in [4.78, 5) is 17.4. The number of nitrogens with zero attached hydrogens (tertiary/aromatic N) is 2. The maximum absolute atomic E-state index is 11.1. The van der Waals surface area contributed by atoms with Gasteiger partial charge in [-0.05, 0) is 17.7 Å². The molecular formula is C12H9N3O2S. The number of aromatic nitrogens is 2. The lowest BCUT2D eigenvalue weighted by molar-refractivity contribution is 0.444. The molecule has 0 spiro atoms. The highest BCUT2D eigenvalue weighted by Crippen LogP contribution is 2.19. The topological polar surface area (TPSA) is 89.8 Å². The van der Waals surface area contributed by atoms with Crippen LogP contribution in [0, 0.1) is 11.3 Å². The third-order valence-electron chi connectivity index (χ3n) is 2.17. The van der Waals surface area contributed by atoms with Gasteiger partial charge in [0.1, 0.15) is 0 Å². The van der Waals surface area contributed by atoms with E-state index in [4.69, 9.17) is 5.26 Å². The number of H-pyrrole nitrogens is 1. The van der Waals surface area contributed by atoms with Gasteiger partial charge < -0.3 is 10.1 Å². The number of aromatic amines is 1. The fourth-order valence-corrected chi connectivity index (χ4v) is 2.15. The van der Waals surface area contributed by atoms with E-state index in [0.29, 0.717) is 16.5 Å². The Kier molecular flexibility index (Phi) is 3.65. The van der Waals surface area contributed by atoms with Gasteiger partial charge in [0, 0.05) is 5.75 Å². The second-order valence-corrected chi connectivity index (χ2v) is 4.47. The summed E-state index contributed by atoms with van der Waals surface area (Å²) in [5.74, 6) is 0.305. The van der Waals surface area contributed by atoms with E-state index in [2.05, 4.69) is 9.97 Å². The predicted molar refractivity (Wildman–Crippen MR) is 67.2 cm³/mol. The van der Waals surface area contributed by atoms with Gasteiger partial charge in [-0.25, -0.2) is 0 Å². The van der Waals surface area contributed by atoms with Crippen molar-refractivity contribution < 1.29 is 5.11 Å². The molecule has 0 radical (unpaired) electrons. The van der Waals surface area contributed by atoms with Crippen LogP contribution in [0.2, 0.25) is 0 Å². The summed E-state index contributed by atoms with van der Waals surface area (Å²) in [6.07, 6.45) is 0. The highest BCUT2D eigenvalue weighted by molar-refractivity contribution is 7.98. The second kappa shape index (κ2) is 5.38. The molecule has 1 aromatic heterocycles. The molecule has 2 aromatic rings. The zero-order chi connectivity index (χ0) is 13.0. The Morgan fingerprint density at radius 3 is 2.72 bits per heavy atom. The fourth-order valence-electron chi connectivity index (χ4n) is 1.32. The van der Waals surface area contributed by atoms with Crippen LogP contribution in [-0.2, 0) is 5.75 Å². The van der Waals surface area contributed by atoms with Crippen LogP contribution in [-0.4, -0.2) is 15.1 Å². The third kappa shape index (κ3) is 3.12. The van der Waals surface area contributed by atoms with Gasteiger partial charge in [0.25, 0.3) is 5.56 Å². The van der Waals surface area contributed by atoms with Gasteiger partial charge in [0.2, 0.25) is 5.88 Å². The smallest absolute Gasteiger partial charge is 0.255 e. The predicted octanol–water partition coefficient (Wildman–Crippen LogP) is 1.64. The molecule has 0 bridgehead atoms. The lowest BCUT2D eigenvalue weighted by atomic mass is 10.2. The molecule has 0 fully saturated rings. The molecule has 0 aliphatic carbocycles. The second-order valence-electron chi connectivity index (χ2n) is 3.51. The number of nitriles is 1. The molecule has 1 aromatic carbocycles. The summed E-state index contributed by atoms with van der Waals surface area (Å²) in [7, 11) is 0. The van der Waals surface area contributed by atoms with Crippen molar-refractivity contribution >= 4 is 11.8 Å². The zero-order valence-corrected chi connectivity index (χ0v) is 10.1. The van der Waals surface area contributed by atoms with Crippen molar-refractivity contribution in [2.75, 3.05) is 0 Å². The molecule has 18 heavy (non-hydrogen) atoms. The van der Waals surface area contributed by atoms with Gasteiger partial charge in [-0.3, -0.25) is 4.79 Å². The minimum absolute atomic E-state index is 0.291. The van der Waals surface area contributed by atoms with Gasteiger partial charge in [-0.15, -0.1) is 0 Å². The average molecular weight is 259 g/mol. The van der Waals surface area contributed by atoms with Gasteiger partial charge in [0.05, 0.1) is 17.7 Å². The molecule has 6 heteroatoms. The van der Waals surface area contributed by atoms with Crippen LogP contribution in [0.15, 0.2) is 40.3 Å². The van der Waals surface area contributed by atoms with Crippen molar-refractivity contribution in [2.24, 2.45) is 0 Å². The first-order chi connectivity index (χ1) is 8.67. The number of nitrogens with one attached hydrogen (secondary N) is 1. The van der Waals surface area contributed by atoms with Crippen molar-refractivity contribution in [3.05, 3.63) is 51.8 Å². The Hall–Kier alpha value is -2.26. The molecule has 0 amide bonds. The molecule has 2 rings (SSSR count). The Labute approximate surface area is 107 Å². The van der Waals surface area contributed by atoms with E-state index >= 15 is 0 Å². The third-order valence-corrected chi connectivity index (χ3v) is 3.11. The van der Waals surface area contributed by atoms with Crippen LogP contribution in [0.5, 0.6) is 5.88 Å². The van der Waals surface area contributed by atoms with E-state index in [0.717, 1.165) is 11.6 Å². The minimum Gasteiger partial charge on any atom is -0.493 e. The van der Waals surface area contributed by atoms with Crippen molar-refractivity contribution in [1.29, 1.82) is 5.26 Å². The van der Waals surface area contributed by atoms with E-state index in [-0.39, 0.29) is 11.4 Å². The van der Waals surface area contributed by atoms with Crippen LogP contribution in [0.4, 0.5) is 0 Å². The first kappa shape index (κ1) is 12.2. The summed E-state index contributed by atoms with van der Waals surface area (Å²) in [5, 5.41) is 18.2. The lowest BCUT2D eigenvalue weighted by Gasteiger charge is -2.01. The molecule has 5 nitrogen and oxygen atoms in total. The monoisotopic (exact) mass is 259 g/mol. The van der Waals surface area contributed by atoms with E-state index in [1.807, 2.05) is 18.2 Å². The van der Waals surface area contributed by atoms with Gasteiger partial charge >= 0.3 is 0 Å². The van der Waals surface area contributed by atoms with Crippen LogP contribution >= 0.6 is 11.8 Å². The average Bonchev–Trinajstić information content (AvgIpc) is 2.36. The summed E-state index contributed by atoms with van der Waals surface area (Å²) < 4.78 is 0. The summed E-state index contributed by atoms with van der Waals surface area (Å²) in [5.41, 5.74) is 1.22. The largest absolute Gasteiger partial charge is 0.493 e. The highest BCUT2D eigenvalue weighted by atomic mass is 32.2. The SMILES string of the molecule is N#Cc1ccc(CSc2nc(O)cc(=O)[nH]2)cc1. The molecule has 0 saturated carbocycles. The van der Waals surface area contributed by atoms with E-state index in [1.54, 1.807) is 12.1 Å². The Morgan fingerprint density at radius 2 is 2.11 bits per heavy atom. The maximum atomic E-state index is 11.1. The number of hydrogen-bond acceptors (Lipinski definition) is 5. The van der Waals surface area contributed by atoms with Gasteiger partial charge in [-0.1, -0.05) is 23.9 Å². The van der Waals surface area contributed by atoms with E-state index in [1.165, 1.54) is 11.8 Å². The van der Waals surface area contributed by atoms with Crippen molar-refractivity contribution in [1.82, 2.24) is 9.97 Å². The number of hydrogen-bond donors (Lipinski definition) is 2. The van der Waals surface area contributed by atoms with Gasteiger partial charge in [-0.2, -0.15) is 10.2 Å². The first-order valence-corrected chi connectivity index (χ1v) is 6.08. The molecule has 90 valence electrons. The Morgan fingerprint density at radius 1 is 1.39 bits per heavy atom. The Bertz CT molecular complexity index is 644. The van der Waals surface area contributed by atoms with Crippen LogP contribution in [0.25, 0.3) is 0 Å². The molecule has 0 aliphatic rings. The zero-order valence-electron chi connectivity index (χ0n) is 9.25. The van der Waals surface area contributed by atoms with E-state index in [9.17, 15) is 9.90 Å². The van der Waals surface area contributed by atoms with Crippen LogP contribution in [0.3, 0.4) is 0 Å². The van der Waals surface area contributed by atoms with Crippen LogP contribution < -0.4 is 5.56 Å². The minimum atomic E-state index is -0.384. The fraction of sp³-hybridized carbons (Fsp3) is 0.0833. The number of rotatable bonds is 3. The van der Waals surface area contributed by atoms with Crippen molar-refractivity contribution in [2.45, 2.75) is 10.9 Å². The lowest BCUT2D eigenvalue weighted by Crippen LogP contribution is -2.06. The van der Waals surface area contributed by atoms with Crippen LogP contribution in [0.1, 0.15) is 11.1 Å². The number of aromatic hydroxyl groups is 1. The maximum Gasteiger partial charge on any atom is 0.255 e. The number of thioether (sulfide) groups is 1. The van der Waals surface area contributed by atoms with Gasteiger partial charge in [0.15, 0.2) is 5.16 Å². The molecular weight excluding hydrogens is 250 g/mol. The summed E-state index contributed by atoms with van der Waals surface area (Å²) in [6, 6.07) is 10.2. The molecule has 0 aliphatic heterocycles. The summed E-state index contributed by atoms with van der Waals surface area (Å²) in [6.45, 7) is 0. The normalized spacial score (nSPS) is 9.94. The highest BCUT2D eigenvalue weighted by Gasteiger charge is 2.01. The molecule has 0 atom stereocenters. The molecule has 0 saturated heterocycles. The molecule has 1 heterocycles. The van der Waals surface area contributed by atoms with Crippen molar-refractivity contribution in [3.8, 4) is 11.9 Å². The Balaban J connectivity index is 2.06. The quantitative estimate of drug-likeness (QED) is 0.646. The standard InChI is InChI=1S/C12H9N3O2S/c13-6-8-1-3-9(4-2-8)7-18-12-14-10(16)5-11(17)15-12/h1-5H,7H2,(H2,14,15,16,17). The first-order valence-electron chi connectivity index (χ1n) is 5.09. The van der Waals surface area contributed by atoms with Crippen molar-refractivity contribution in [3.63, 3.8) is 0 Å². The molecule has 2 N–H and O–H groups in total. The van der Waals surface area contributed by atoms with E-state index < -0.39 is 0 Å². The summed E-state index contributed by atoms with van der Waals surface area (Å²) >= 11 is 1.31. The number of benzene rings is 1.